The third-order valence-corrected chi connectivity index (χ3v) is 5.62. The Morgan fingerprint density at radius 2 is 2.05 bits per heavy atom. The topological polar surface area (TPSA) is 38.3 Å². The Bertz CT molecular complexity index is 348. The van der Waals surface area contributed by atoms with E-state index in [0.29, 0.717) is 18.1 Å². The van der Waals surface area contributed by atoms with Crippen LogP contribution in [0.15, 0.2) is 0 Å². The zero-order chi connectivity index (χ0) is 14.3. The predicted molar refractivity (Wildman–Crippen MR) is 76.9 cm³/mol. The molecular weight excluding hydrogens is 238 g/mol. The van der Waals surface area contributed by atoms with E-state index in [9.17, 15) is 4.79 Å². The van der Waals surface area contributed by atoms with Gasteiger partial charge in [0.25, 0.3) is 0 Å². The molecule has 3 nitrogen and oxygen atoms in total. The molecule has 2 aliphatic rings. The fraction of sp³-hybridized carbons (Fsp3) is 0.938. The molecule has 0 spiro atoms. The van der Waals surface area contributed by atoms with Crippen molar-refractivity contribution in [3.8, 4) is 0 Å². The molecule has 0 radical (unpaired) electrons. The highest BCUT2D eigenvalue weighted by Gasteiger charge is 2.59. The van der Waals surface area contributed by atoms with E-state index >= 15 is 0 Å². The van der Waals surface area contributed by atoms with Gasteiger partial charge in [-0.3, -0.25) is 4.79 Å². The molecule has 2 rings (SSSR count). The Labute approximate surface area is 117 Å². The third-order valence-electron chi connectivity index (χ3n) is 5.62. The summed E-state index contributed by atoms with van der Waals surface area (Å²) in [4.78, 5) is 12.0. The van der Waals surface area contributed by atoms with E-state index < -0.39 is 0 Å². The average molecular weight is 267 g/mol. The van der Waals surface area contributed by atoms with Crippen molar-refractivity contribution in [1.29, 1.82) is 0 Å². The largest absolute Gasteiger partial charge is 0.465 e. The Kier molecular flexibility index (Phi) is 3.97. The lowest BCUT2D eigenvalue weighted by Crippen LogP contribution is -2.55. The van der Waals surface area contributed by atoms with E-state index in [2.05, 4.69) is 33.0 Å². The minimum Gasteiger partial charge on any atom is -0.465 e. The van der Waals surface area contributed by atoms with Crippen molar-refractivity contribution in [3.63, 3.8) is 0 Å². The number of carbonyl (C=O) groups excluding carboxylic acids is 1. The van der Waals surface area contributed by atoms with Crippen molar-refractivity contribution in [2.24, 2.45) is 16.7 Å². The first-order valence-electron chi connectivity index (χ1n) is 7.78. The molecule has 2 bridgehead atoms. The molecule has 0 aromatic carbocycles. The number of carbonyl (C=O) groups is 1. The molecular formula is C16H29NO2. The summed E-state index contributed by atoms with van der Waals surface area (Å²) < 4.78 is 5.18. The second-order valence-corrected chi connectivity index (χ2v) is 7.23. The number of hydrogen-bond acceptors (Lipinski definition) is 3. The standard InChI is InChI=1S/C16H29NO2/c1-6-12(13(18)19-7-2)17-14-15(3,4)11-8-9-16(14,5)10-11/h11-12,14,17H,6-10H2,1-5H3. The number of nitrogens with one attached hydrogen (secondary N) is 1. The van der Waals surface area contributed by atoms with Crippen molar-refractivity contribution in [3.05, 3.63) is 0 Å². The van der Waals surface area contributed by atoms with Gasteiger partial charge in [0.1, 0.15) is 6.04 Å². The second kappa shape index (κ2) is 5.08. The van der Waals surface area contributed by atoms with Gasteiger partial charge in [-0.25, -0.2) is 0 Å². The SMILES string of the molecule is CCOC(=O)C(CC)NC1C2(C)CCC(C2)C1(C)C. The number of rotatable bonds is 5. The minimum atomic E-state index is -0.152. The van der Waals surface area contributed by atoms with Crippen LogP contribution in [0.1, 0.15) is 60.3 Å². The Morgan fingerprint density at radius 1 is 1.37 bits per heavy atom. The van der Waals surface area contributed by atoms with Crippen LogP contribution >= 0.6 is 0 Å². The van der Waals surface area contributed by atoms with E-state index in [4.69, 9.17) is 4.74 Å². The molecule has 0 aromatic rings. The Morgan fingerprint density at radius 3 is 2.53 bits per heavy atom. The molecule has 2 saturated carbocycles. The molecule has 4 unspecified atom stereocenters. The summed E-state index contributed by atoms with van der Waals surface area (Å²) in [5.41, 5.74) is 0.640. The lowest BCUT2D eigenvalue weighted by Gasteiger charge is -2.44. The lowest BCUT2D eigenvalue weighted by molar-refractivity contribution is -0.146. The summed E-state index contributed by atoms with van der Waals surface area (Å²) in [5.74, 6) is 0.710. The molecule has 2 fully saturated rings. The summed E-state index contributed by atoms with van der Waals surface area (Å²) in [6, 6.07) is 0.272. The molecule has 19 heavy (non-hydrogen) atoms. The molecule has 2 aliphatic carbocycles. The van der Waals surface area contributed by atoms with Crippen LogP contribution in [-0.4, -0.2) is 24.7 Å². The van der Waals surface area contributed by atoms with Crippen LogP contribution in [0.4, 0.5) is 0 Å². The number of ether oxygens (including phenoxy) is 1. The number of hydrogen-bond donors (Lipinski definition) is 1. The van der Waals surface area contributed by atoms with E-state index in [1.807, 2.05) is 6.92 Å². The summed E-state index contributed by atoms with van der Waals surface area (Å²) in [6.45, 7) is 11.5. The van der Waals surface area contributed by atoms with Gasteiger partial charge >= 0.3 is 5.97 Å². The Balaban J connectivity index is 2.11. The molecule has 0 aliphatic heterocycles. The van der Waals surface area contributed by atoms with Gasteiger partial charge in [0, 0.05) is 6.04 Å². The predicted octanol–water partition coefficient (Wildman–Crippen LogP) is 3.13. The summed E-state index contributed by atoms with van der Waals surface area (Å²) in [6.07, 6.45) is 4.74. The van der Waals surface area contributed by atoms with Crippen LogP contribution in [0.2, 0.25) is 0 Å². The van der Waals surface area contributed by atoms with Gasteiger partial charge in [0.05, 0.1) is 6.61 Å². The molecule has 0 aromatic heterocycles. The second-order valence-electron chi connectivity index (χ2n) is 7.23. The van der Waals surface area contributed by atoms with Gasteiger partial charge in [-0.1, -0.05) is 27.7 Å². The average Bonchev–Trinajstić information content (AvgIpc) is 2.80. The maximum Gasteiger partial charge on any atom is 0.323 e. The first kappa shape index (κ1) is 14.8. The summed E-state index contributed by atoms with van der Waals surface area (Å²) in [7, 11) is 0. The van der Waals surface area contributed by atoms with Crippen molar-refractivity contribution in [2.45, 2.75) is 72.4 Å². The minimum absolute atomic E-state index is 0.0906. The first-order chi connectivity index (χ1) is 8.85. The van der Waals surface area contributed by atoms with Gasteiger partial charge < -0.3 is 10.1 Å². The summed E-state index contributed by atoms with van der Waals surface area (Å²) in [5, 5.41) is 3.64. The van der Waals surface area contributed by atoms with E-state index in [0.717, 1.165) is 12.3 Å². The highest BCUT2D eigenvalue weighted by molar-refractivity contribution is 5.75. The molecule has 0 amide bonds. The molecule has 4 atom stereocenters. The zero-order valence-electron chi connectivity index (χ0n) is 13.1. The number of fused-ring (bicyclic) bond motifs is 2. The zero-order valence-corrected chi connectivity index (χ0v) is 13.1. The van der Waals surface area contributed by atoms with Crippen molar-refractivity contribution < 1.29 is 9.53 Å². The van der Waals surface area contributed by atoms with Gasteiger partial charge in [-0.05, 0) is 49.4 Å². The fourth-order valence-corrected chi connectivity index (χ4v) is 4.51. The quantitative estimate of drug-likeness (QED) is 0.778. The normalized spacial score (nSPS) is 37.3. The van der Waals surface area contributed by atoms with Crippen LogP contribution in [0, 0.1) is 16.7 Å². The number of esters is 1. The van der Waals surface area contributed by atoms with Crippen LogP contribution in [-0.2, 0) is 9.53 Å². The maximum absolute atomic E-state index is 12.0. The van der Waals surface area contributed by atoms with E-state index in [-0.39, 0.29) is 17.4 Å². The molecule has 0 saturated heterocycles. The Hall–Kier alpha value is -0.570. The summed E-state index contributed by atoms with van der Waals surface area (Å²) >= 11 is 0. The van der Waals surface area contributed by atoms with Crippen LogP contribution in [0.3, 0.4) is 0 Å². The molecule has 3 heteroatoms. The van der Waals surface area contributed by atoms with Gasteiger partial charge in [0.15, 0.2) is 0 Å². The smallest absolute Gasteiger partial charge is 0.323 e. The lowest BCUT2D eigenvalue weighted by atomic mass is 9.68. The van der Waals surface area contributed by atoms with E-state index in [1.165, 1.54) is 19.3 Å². The first-order valence-corrected chi connectivity index (χ1v) is 7.78. The highest BCUT2D eigenvalue weighted by Crippen LogP contribution is 2.62. The van der Waals surface area contributed by atoms with Crippen LogP contribution in [0.25, 0.3) is 0 Å². The fourth-order valence-electron chi connectivity index (χ4n) is 4.51. The highest BCUT2D eigenvalue weighted by atomic mass is 16.5. The van der Waals surface area contributed by atoms with Crippen LogP contribution < -0.4 is 5.32 Å². The van der Waals surface area contributed by atoms with Gasteiger partial charge in [-0.15, -0.1) is 0 Å². The van der Waals surface area contributed by atoms with Crippen LogP contribution in [0.5, 0.6) is 0 Å². The monoisotopic (exact) mass is 267 g/mol. The van der Waals surface area contributed by atoms with Gasteiger partial charge in [0.2, 0.25) is 0 Å². The van der Waals surface area contributed by atoms with Crippen molar-refractivity contribution in [2.75, 3.05) is 6.61 Å². The van der Waals surface area contributed by atoms with E-state index in [1.54, 1.807) is 0 Å². The maximum atomic E-state index is 12.0. The molecule has 1 N–H and O–H groups in total. The molecule has 0 heterocycles. The molecule has 110 valence electrons. The third kappa shape index (κ3) is 2.42. The van der Waals surface area contributed by atoms with Crippen molar-refractivity contribution >= 4 is 5.97 Å². The van der Waals surface area contributed by atoms with Gasteiger partial charge in [-0.2, -0.15) is 0 Å². The van der Waals surface area contributed by atoms with Crippen molar-refractivity contribution in [1.82, 2.24) is 5.32 Å².